The Bertz CT molecular complexity index is 655. The monoisotopic (exact) mass is 371 g/mol. The molecule has 0 bridgehead atoms. The van der Waals surface area contributed by atoms with Gasteiger partial charge in [0, 0.05) is 0 Å². The minimum atomic E-state index is -0.942. The van der Waals surface area contributed by atoms with Crippen LogP contribution in [0.1, 0.15) is 88.4 Å². The van der Waals surface area contributed by atoms with E-state index in [1.54, 1.807) is 18.3 Å². The maximum Gasteiger partial charge on any atom is 0.335 e. The van der Waals surface area contributed by atoms with Crippen LogP contribution in [0.4, 0.5) is 0 Å². The zero-order valence-corrected chi connectivity index (χ0v) is 16.5. The lowest BCUT2D eigenvalue weighted by Crippen LogP contribution is -2.22. The quantitative estimate of drug-likeness (QED) is 0.451. The van der Waals surface area contributed by atoms with Crippen molar-refractivity contribution in [2.24, 2.45) is 0 Å². The van der Waals surface area contributed by atoms with E-state index in [1.807, 2.05) is 18.2 Å². The number of rotatable bonds is 14. The maximum absolute atomic E-state index is 11.7. The number of hydrogen-bond acceptors (Lipinski definition) is 3. The van der Waals surface area contributed by atoms with Gasteiger partial charge in [0.05, 0.1) is 11.9 Å². The molecule has 1 unspecified atom stereocenters. The molecule has 0 aliphatic rings. The van der Waals surface area contributed by atoms with Crippen LogP contribution >= 0.6 is 0 Å². The maximum atomic E-state index is 11.7. The topological polar surface area (TPSA) is 68.0 Å². The summed E-state index contributed by atoms with van der Waals surface area (Å²) in [6.45, 7) is 2.25. The predicted molar refractivity (Wildman–Crippen MR) is 108 cm³/mol. The third-order valence-electron chi connectivity index (χ3n) is 4.92. The first-order chi connectivity index (χ1) is 13.2. The van der Waals surface area contributed by atoms with Crippen molar-refractivity contribution in [1.29, 1.82) is 0 Å². The number of aliphatic carboxylic acids is 1. The summed E-state index contributed by atoms with van der Waals surface area (Å²) < 4.78 is 0. The van der Waals surface area contributed by atoms with Gasteiger partial charge in [0.2, 0.25) is 0 Å². The molecule has 0 aliphatic heterocycles. The van der Waals surface area contributed by atoms with Crippen LogP contribution in [0.5, 0.6) is 0 Å². The molecule has 0 saturated heterocycles. The van der Waals surface area contributed by atoms with Crippen LogP contribution < -0.4 is 0 Å². The normalized spacial score (nSPS) is 12.2. The van der Waals surface area contributed by atoms with Crippen LogP contribution in [-0.4, -0.2) is 26.1 Å². The molecule has 5 nitrogen and oxygen atoms in total. The lowest BCUT2D eigenvalue weighted by molar-refractivity contribution is -0.140. The van der Waals surface area contributed by atoms with Crippen molar-refractivity contribution in [3.63, 3.8) is 0 Å². The molecule has 0 fully saturated rings. The van der Waals surface area contributed by atoms with Crippen LogP contribution in [0.15, 0.2) is 36.5 Å². The Morgan fingerprint density at radius 2 is 1.56 bits per heavy atom. The van der Waals surface area contributed by atoms with Gasteiger partial charge in [-0.25, -0.2) is 4.79 Å². The highest BCUT2D eigenvalue weighted by atomic mass is 16.4. The number of unbranched alkanes of at least 4 members (excludes halogenated alkanes) is 9. The van der Waals surface area contributed by atoms with Crippen molar-refractivity contribution >= 4 is 5.97 Å². The van der Waals surface area contributed by atoms with E-state index in [1.165, 1.54) is 62.6 Å². The smallest absolute Gasteiger partial charge is 0.335 e. The van der Waals surface area contributed by atoms with Crippen LogP contribution in [0.25, 0.3) is 0 Å². The van der Waals surface area contributed by atoms with E-state index in [4.69, 9.17) is 0 Å². The molecule has 0 aliphatic carbocycles. The largest absolute Gasteiger partial charge is 0.479 e. The van der Waals surface area contributed by atoms with E-state index in [0.29, 0.717) is 5.56 Å². The number of carboxylic acid groups (broad SMARTS) is 1. The molecule has 5 heteroatoms. The highest BCUT2D eigenvalue weighted by Crippen LogP contribution is 2.17. The van der Waals surface area contributed by atoms with Gasteiger partial charge in [-0.05, 0) is 18.4 Å². The van der Waals surface area contributed by atoms with Crippen molar-refractivity contribution in [2.75, 3.05) is 0 Å². The molecule has 1 atom stereocenters. The third-order valence-corrected chi connectivity index (χ3v) is 4.92. The molecule has 1 heterocycles. The minimum Gasteiger partial charge on any atom is -0.479 e. The Kier molecular flexibility index (Phi) is 9.60. The molecular formula is C22H33N3O2. The van der Waals surface area contributed by atoms with Crippen LogP contribution in [0.3, 0.4) is 0 Å². The summed E-state index contributed by atoms with van der Waals surface area (Å²) in [6, 6.07) is 8.26. The lowest BCUT2D eigenvalue weighted by Gasteiger charge is -2.11. The van der Waals surface area contributed by atoms with E-state index in [2.05, 4.69) is 17.1 Å². The number of aromatic nitrogens is 3. The van der Waals surface area contributed by atoms with E-state index in [9.17, 15) is 9.90 Å². The van der Waals surface area contributed by atoms with Gasteiger partial charge in [-0.3, -0.25) is 0 Å². The first-order valence-corrected chi connectivity index (χ1v) is 10.4. The van der Waals surface area contributed by atoms with E-state index >= 15 is 0 Å². The summed E-state index contributed by atoms with van der Waals surface area (Å²) >= 11 is 0. The molecule has 1 aromatic carbocycles. The minimum absolute atomic E-state index is 0.686. The number of aryl methyl sites for hydroxylation is 1. The zero-order valence-electron chi connectivity index (χ0n) is 16.5. The molecule has 27 heavy (non-hydrogen) atoms. The number of hydrogen-bond donors (Lipinski definition) is 1. The average Bonchev–Trinajstić information content (AvgIpc) is 3.12. The second kappa shape index (κ2) is 12.3. The molecule has 0 saturated carbocycles. The van der Waals surface area contributed by atoms with Gasteiger partial charge in [0.25, 0.3) is 0 Å². The fourth-order valence-electron chi connectivity index (χ4n) is 3.35. The molecule has 0 spiro atoms. The number of carbonyl (C=O) groups is 1. The predicted octanol–water partition coefficient (Wildman–Crippen LogP) is 5.42. The van der Waals surface area contributed by atoms with E-state index in [-0.39, 0.29) is 0 Å². The highest BCUT2D eigenvalue weighted by Gasteiger charge is 2.23. The molecular weight excluding hydrogens is 338 g/mol. The Hall–Kier alpha value is -2.17. The third kappa shape index (κ3) is 7.53. The number of carboxylic acids is 1. The fourth-order valence-corrected chi connectivity index (χ4v) is 3.35. The summed E-state index contributed by atoms with van der Waals surface area (Å²) in [5.41, 5.74) is 1.56. The standard InChI is InChI=1S/C22H33N3O2/c1-2-3-4-5-6-7-8-9-10-14-17-20-18-23-25(24-20)21(22(26)27)19-15-12-11-13-16-19/h11-13,15-16,18,21H,2-10,14,17H2,1H3,(H,26,27). The van der Waals surface area contributed by atoms with Crippen molar-refractivity contribution in [3.05, 3.63) is 47.8 Å². The Morgan fingerprint density at radius 3 is 2.15 bits per heavy atom. The van der Waals surface area contributed by atoms with Gasteiger partial charge in [0.1, 0.15) is 0 Å². The van der Waals surface area contributed by atoms with Gasteiger partial charge in [-0.15, -0.1) is 0 Å². The molecule has 1 N–H and O–H groups in total. The van der Waals surface area contributed by atoms with Crippen molar-refractivity contribution in [1.82, 2.24) is 15.0 Å². The lowest BCUT2D eigenvalue weighted by atomic mass is 10.1. The van der Waals surface area contributed by atoms with Crippen molar-refractivity contribution in [2.45, 2.75) is 83.6 Å². The van der Waals surface area contributed by atoms with Gasteiger partial charge in [0.15, 0.2) is 6.04 Å². The molecule has 1 aromatic heterocycles. The van der Waals surface area contributed by atoms with Gasteiger partial charge >= 0.3 is 5.97 Å². The van der Waals surface area contributed by atoms with E-state index < -0.39 is 12.0 Å². The second-order valence-electron chi connectivity index (χ2n) is 7.24. The molecule has 2 aromatic rings. The summed E-state index contributed by atoms with van der Waals surface area (Å²) in [4.78, 5) is 13.0. The SMILES string of the molecule is CCCCCCCCCCCCc1cnn(C(C(=O)O)c2ccccc2)n1. The second-order valence-corrected chi connectivity index (χ2v) is 7.24. The first kappa shape index (κ1) is 21.1. The summed E-state index contributed by atoms with van der Waals surface area (Å²) in [7, 11) is 0. The van der Waals surface area contributed by atoms with Gasteiger partial charge in [-0.2, -0.15) is 15.0 Å². The Morgan fingerprint density at radius 1 is 0.963 bits per heavy atom. The van der Waals surface area contributed by atoms with Gasteiger partial charge in [-0.1, -0.05) is 95.0 Å². The van der Waals surface area contributed by atoms with Gasteiger partial charge < -0.3 is 5.11 Å². The molecule has 2 rings (SSSR count). The summed E-state index contributed by atoms with van der Waals surface area (Å²) in [5, 5.41) is 18.2. The summed E-state index contributed by atoms with van der Waals surface area (Å²) in [5.74, 6) is -0.942. The van der Waals surface area contributed by atoms with E-state index in [0.717, 1.165) is 18.5 Å². The van der Waals surface area contributed by atoms with Crippen molar-refractivity contribution < 1.29 is 9.90 Å². The Balaban J connectivity index is 1.69. The zero-order chi connectivity index (χ0) is 19.3. The number of benzene rings is 1. The Labute approximate surface area is 162 Å². The van der Waals surface area contributed by atoms with Crippen LogP contribution in [0, 0.1) is 0 Å². The summed E-state index contributed by atoms with van der Waals surface area (Å²) in [6.07, 6.45) is 15.6. The highest BCUT2D eigenvalue weighted by molar-refractivity contribution is 5.75. The molecule has 0 amide bonds. The first-order valence-electron chi connectivity index (χ1n) is 10.4. The molecule has 148 valence electrons. The average molecular weight is 372 g/mol. The number of nitrogens with zero attached hydrogens (tertiary/aromatic N) is 3. The molecule has 0 radical (unpaired) electrons. The van der Waals surface area contributed by atoms with Crippen molar-refractivity contribution in [3.8, 4) is 0 Å². The van der Waals surface area contributed by atoms with Crippen LogP contribution in [0.2, 0.25) is 0 Å². The van der Waals surface area contributed by atoms with Crippen LogP contribution in [-0.2, 0) is 11.2 Å². The fraction of sp³-hybridized carbons (Fsp3) is 0.591.